The van der Waals surface area contributed by atoms with Crippen molar-refractivity contribution < 1.29 is 9.72 Å². The monoisotopic (exact) mass is 484 g/mol. The molecule has 3 aromatic heterocycles. The Balaban J connectivity index is 1.46. The largest absolute Gasteiger partial charge is 0.321 e. The molecule has 1 amide bonds. The quantitative estimate of drug-likeness (QED) is 0.262. The van der Waals surface area contributed by atoms with Crippen LogP contribution in [0.15, 0.2) is 42.5 Å². The van der Waals surface area contributed by atoms with Gasteiger partial charge in [-0.1, -0.05) is 54.1 Å². The number of benzene rings is 2. The van der Waals surface area contributed by atoms with Crippen LogP contribution in [0.1, 0.15) is 22.4 Å². The Bertz CT molecular complexity index is 1520. The molecule has 9 nitrogen and oxygen atoms in total. The molecule has 0 saturated heterocycles. The first-order valence-corrected chi connectivity index (χ1v) is 11.5. The van der Waals surface area contributed by atoms with Gasteiger partial charge in [-0.2, -0.15) is 9.61 Å². The number of nitrogens with one attached hydrogen (secondary N) is 1. The number of non-ortho nitro benzene ring substituents is 1. The zero-order chi connectivity index (χ0) is 22.4. The van der Waals surface area contributed by atoms with Crippen LogP contribution >= 0.6 is 34.3 Å². The summed E-state index contributed by atoms with van der Waals surface area (Å²) in [7, 11) is 0. The molecular weight excluding hydrogens is 472 g/mol. The lowest BCUT2D eigenvalue weighted by atomic mass is 10.2. The molecule has 160 valence electrons. The fourth-order valence-corrected chi connectivity index (χ4v) is 5.62. The molecule has 0 radical (unpaired) electrons. The molecular formula is C20H13ClN6O3S2. The van der Waals surface area contributed by atoms with Gasteiger partial charge in [0.1, 0.15) is 14.6 Å². The van der Waals surface area contributed by atoms with Crippen molar-refractivity contribution in [3.63, 3.8) is 0 Å². The average molecular weight is 485 g/mol. The lowest BCUT2D eigenvalue weighted by Crippen LogP contribution is -2.10. The molecule has 0 atom stereocenters. The van der Waals surface area contributed by atoms with Crippen LogP contribution in [0.4, 0.5) is 11.4 Å². The number of thiophene rings is 1. The predicted molar refractivity (Wildman–Crippen MR) is 125 cm³/mol. The Kier molecular flexibility index (Phi) is 5.08. The second-order valence-electron chi connectivity index (χ2n) is 6.76. The predicted octanol–water partition coefficient (Wildman–Crippen LogP) is 5.44. The minimum atomic E-state index is -0.481. The smallest absolute Gasteiger partial charge is 0.287 e. The molecule has 5 aromatic rings. The van der Waals surface area contributed by atoms with Gasteiger partial charge in [0.15, 0.2) is 5.82 Å². The summed E-state index contributed by atoms with van der Waals surface area (Å²) >= 11 is 8.79. The fraction of sp³-hybridized carbons (Fsp3) is 0.100. The molecule has 32 heavy (non-hydrogen) atoms. The average Bonchev–Trinajstić information content (AvgIpc) is 3.46. The van der Waals surface area contributed by atoms with E-state index in [4.69, 9.17) is 11.6 Å². The summed E-state index contributed by atoms with van der Waals surface area (Å²) in [4.78, 5) is 24.7. The fourth-order valence-electron chi connectivity index (χ4n) is 3.28. The van der Waals surface area contributed by atoms with Crippen molar-refractivity contribution in [1.82, 2.24) is 19.8 Å². The van der Waals surface area contributed by atoms with Gasteiger partial charge in [0.05, 0.1) is 9.95 Å². The standard InChI is InChI=1S/C20H13ClN6O3S2/c1-2-14-23-24-20-26(14)25-19(32-20)10-5-3-6-11(9-10)22-18(28)17-15(21)12-7-4-8-13(27(29)30)16(12)31-17/h3-9H,2H2,1H3,(H,22,28). The van der Waals surface area contributed by atoms with Gasteiger partial charge in [0.25, 0.3) is 11.6 Å². The third-order valence-electron chi connectivity index (χ3n) is 4.78. The number of hydrogen-bond acceptors (Lipinski definition) is 8. The highest BCUT2D eigenvalue weighted by Gasteiger charge is 2.23. The van der Waals surface area contributed by atoms with Crippen LogP contribution in [-0.2, 0) is 6.42 Å². The van der Waals surface area contributed by atoms with Gasteiger partial charge in [-0.05, 0) is 12.1 Å². The van der Waals surface area contributed by atoms with Crippen molar-refractivity contribution in [1.29, 1.82) is 0 Å². The lowest BCUT2D eigenvalue weighted by Gasteiger charge is -2.05. The molecule has 0 bridgehead atoms. The number of nitrogens with zero attached hydrogens (tertiary/aromatic N) is 5. The number of anilines is 1. The number of fused-ring (bicyclic) bond motifs is 2. The van der Waals surface area contributed by atoms with E-state index in [2.05, 4.69) is 20.6 Å². The van der Waals surface area contributed by atoms with Gasteiger partial charge >= 0.3 is 0 Å². The van der Waals surface area contributed by atoms with Crippen LogP contribution in [0, 0.1) is 10.1 Å². The molecule has 1 N–H and O–H groups in total. The number of nitro benzene ring substituents is 1. The van der Waals surface area contributed by atoms with Gasteiger partial charge < -0.3 is 5.32 Å². The summed E-state index contributed by atoms with van der Waals surface area (Å²) in [5, 5.41) is 28.4. The van der Waals surface area contributed by atoms with Gasteiger partial charge in [-0.15, -0.1) is 21.5 Å². The van der Waals surface area contributed by atoms with Crippen LogP contribution < -0.4 is 5.32 Å². The second kappa shape index (κ2) is 7.93. The molecule has 12 heteroatoms. The molecule has 3 heterocycles. The molecule has 2 aromatic carbocycles. The zero-order valence-electron chi connectivity index (χ0n) is 16.4. The molecule has 5 rings (SSSR count). The first kappa shape index (κ1) is 20.5. The summed E-state index contributed by atoms with van der Waals surface area (Å²) < 4.78 is 2.09. The van der Waals surface area contributed by atoms with E-state index in [9.17, 15) is 14.9 Å². The van der Waals surface area contributed by atoms with Gasteiger partial charge in [0, 0.05) is 29.1 Å². The maximum Gasteiger partial charge on any atom is 0.287 e. The molecule has 0 unspecified atom stereocenters. The van der Waals surface area contributed by atoms with E-state index in [0.29, 0.717) is 27.2 Å². The lowest BCUT2D eigenvalue weighted by molar-refractivity contribution is -0.382. The molecule has 0 aliphatic carbocycles. The Morgan fingerprint density at radius 2 is 2.03 bits per heavy atom. The summed E-state index contributed by atoms with van der Waals surface area (Å²) in [5.41, 5.74) is 1.29. The second-order valence-corrected chi connectivity index (χ2v) is 9.12. The van der Waals surface area contributed by atoms with E-state index in [1.807, 2.05) is 19.1 Å². The highest BCUT2D eigenvalue weighted by atomic mass is 35.5. The van der Waals surface area contributed by atoms with Crippen molar-refractivity contribution in [2.24, 2.45) is 0 Å². The summed E-state index contributed by atoms with van der Waals surface area (Å²) in [5.74, 6) is 0.342. The van der Waals surface area contributed by atoms with Crippen LogP contribution in [-0.4, -0.2) is 30.6 Å². The number of carbonyl (C=O) groups is 1. The topological polar surface area (TPSA) is 115 Å². The van der Waals surface area contributed by atoms with Crippen molar-refractivity contribution >= 4 is 66.6 Å². The summed E-state index contributed by atoms with van der Waals surface area (Å²) in [6.45, 7) is 1.99. The first-order valence-electron chi connectivity index (χ1n) is 9.44. The van der Waals surface area contributed by atoms with E-state index in [0.717, 1.165) is 27.7 Å². The number of aromatic nitrogens is 4. The molecule has 0 spiro atoms. The number of hydrogen-bond donors (Lipinski definition) is 1. The van der Waals surface area contributed by atoms with E-state index in [1.54, 1.807) is 28.8 Å². The maximum atomic E-state index is 12.9. The molecule has 0 fully saturated rings. The first-order chi connectivity index (χ1) is 15.5. The minimum Gasteiger partial charge on any atom is -0.321 e. The van der Waals surface area contributed by atoms with Crippen molar-refractivity contribution in [2.75, 3.05) is 5.32 Å². The number of nitro groups is 1. The van der Waals surface area contributed by atoms with Crippen LogP contribution in [0.5, 0.6) is 0 Å². The minimum absolute atomic E-state index is 0.0785. The number of halogens is 1. The van der Waals surface area contributed by atoms with Gasteiger partial charge in [0.2, 0.25) is 4.96 Å². The van der Waals surface area contributed by atoms with Gasteiger partial charge in [-0.25, -0.2) is 0 Å². The Labute approximate surface area is 193 Å². The van der Waals surface area contributed by atoms with Crippen molar-refractivity contribution in [2.45, 2.75) is 13.3 Å². The van der Waals surface area contributed by atoms with Gasteiger partial charge in [-0.3, -0.25) is 14.9 Å². The maximum absolute atomic E-state index is 12.9. The normalized spacial score (nSPS) is 11.3. The number of aryl methyl sites for hydroxylation is 1. The summed E-state index contributed by atoms with van der Waals surface area (Å²) in [6, 6.07) is 11.9. The highest BCUT2D eigenvalue weighted by molar-refractivity contribution is 7.22. The zero-order valence-corrected chi connectivity index (χ0v) is 18.8. The van der Waals surface area contributed by atoms with Crippen LogP contribution in [0.3, 0.4) is 0 Å². The van der Waals surface area contributed by atoms with Crippen molar-refractivity contribution in [3.8, 4) is 10.6 Å². The molecule has 0 saturated carbocycles. The third-order valence-corrected chi connectivity index (χ3v) is 7.46. The van der Waals surface area contributed by atoms with E-state index >= 15 is 0 Å². The van der Waals surface area contributed by atoms with E-state index < -0.39 is 10.8 Å². The molecule has 0 aliphatic heterocycles. The summed E-state index contributed by atoms with van der Waals surface area (Å²) in [6.07, 6.45) is 0.717. The number of carbonyl (C=O) groups excluding carboxylic acids is 1. The molecule has 0 aliphatic rings. The Morgan fingerprint density at radius 3 is 2.81 bits per heavy atom. The van der Waals surface area contributed by atoms with Crippen LogP contribution in [0.2, 0.25) is 5.02 Å². The Hall–Kier alpha value is -3.41. The van der Waals surface area contributed by atoms with Crippen molar-refractivity contribution in [3.05, 3.63) is 68.3 Å². The van der Waals surface area contributed by atoms with Crippen LogP contribution in [0.25, 0.3) is 25.6 Å². The van der Waals surface area contributed by atoms with E-state index in [-0.39, 0.29) is 15.6 Å². The SMILES string of the molecule is CCc1nnc2sc(-c3cccc(NC(=O)c4sc5c([N+](=O)[O-])cccc5c4Cl)c3)nn12. The van der Waals surface area contributed by atoms with E-state index in [1.165, 1.54) is 17.4 Å². The Morgan fingerprint density at radius 1 is 1.22 bits per heavy atom. The number of rotatable bonds is 5. The number of amides is 1. The third kappa shape index (κ3) is 3.40. The highest BCUT2D eigenvalue weighted by Crippen LogP contribution is 2.40.